The lowest BCUT2D eigenvalue weighted by atomic mass is 9.45. The molecule has 8 atom stereocenters. The third kappa shape index (κ3) is 7.13. The van der Waals surface area contributed by atoms with Crippen LogP contribution in [0.5, 0.6) is 0 Å². The SMILES string of the molecule is C[C@H](O)[C@@H]1[C@H](CO)ON(Cc2cccc(-c3ccc(C(=O)NCCCN(C)C)cc3)c2)[C@@H]1C(=O)NC1C[C@H]2C[C@@H]([C@@H]1C)C2(C)C. The van der Waals surface area contributed by atoms with Crippen LogP contribution in [-0.4, -0.2) is 90.1 Å². The van der Waals surface area contributed by atoms with Crippen LogP contribution in [0.2, 0.25) is 0 Å². The second-order valence-corrected chi connectivity index (χ2v) is 14.4. The van der Waals surface area contributed by atoms with Crippen molar-refractivity contribution < 1.29 is 24.6 Å². The van der Waals surface area contributed by atoms with Gasteiger partial charge < -0.3 is 25.7 Å². The van der Waals surface area contributed by atoms with E-state index in [4.69, 9.17) is 4.84 Å². The van der Waals surface area contributed by atoms with E-state index < -0.39 is 24.2 Å². The number of rotatable bonds is 12. The van der Waals surface area contributed by atoms with Gasteiger partial charge in [0.15, 0.2) is 0 Å². The van der Waals surface area contributed by atoms with Gasteiger partial charge in [-0.1, -0.05) is 51.1 Å². The monoisotopic (exact) mass is 620 g/mol. The van der Waals surface area contributed by atoms with Crippen molar-refractivity contribution in [3.05, 3.63) is 59.7 Å². The molecule has 0 spiro atoms. The first-order valence-corrected chi connectivity index (χ1v) is 16.6. The summed E-state index contributed by atoms with van der Waals surface area (Å²) in [6.07, 6.45) is 1.57. The van der Waals surface area contributed by atoms with Crippen LogP contribution in [0.4, 0.5) is 0 Å². The van der Waals surface area contributed by atoms with Crippen molar-refractivity contribution >= 4 is 11.8 Å². The molecule has 1 unspecified atom stereocenters. The molecule has 9 heteroatoms. The molecular weight excluding hydrogens is 568 g/mol. The Morgan fingerprint density at radius 1 is 1.11 bits per heavy atom. The van der Waals surface area contributed by atoms with Crippen LogP contribution in [0.15, 0.2) is 48.5 Å². The fourth-order valence-electron chi connectivity index (χ4n) is 8.03. The highest BCUT2D eigenvalue weighted by Gasteiger charge is 2.57. The maximum Gasteiger partial charge on any atom is 0.251 e. The standard InChI is InChI=1S/C36H52N4O5/c1-22-29-18-28(36(29,3)4)19-30(22)38-35(44)33-32(23(2)42)31(21-41)45-40(33)20-24-9-7-10-27(17-24)25-11-13-26(14-12-25)34(43)37-15-8-16-39(5)6/h7,9-14,17,22-23,28-33,41-42H,8,15-16,18-21H2,1-6H3,(H,37,43)(H,38,44)/t22-,23-,28+,29-,30?,31-,32+,33-/m0/s1. The lowest BCUT2D eigenvalue weighted by molar-refractivity contribution is -0.183. The number of aliphatic hydroxyl groups is 2. The minimum absolute atomic E-state index is 0.0842. The molecule has 4 N–H and O–H groups in total. The third-order valence-electron chi connectivity index (χ3n) is 10.9. The molecular formula is C36H52N4O5. The minimum atomic E-state index is -0.839. The van der Waals surface area contributed by atoms with Crippen molar-refractivity contribution in [3.8, 4) is 11.1 Å². The summed E-state index contributed by atoms with van der Waals surface area (Å²) in [4.78, 5) is 34.8. The van der Waals surface area contributed by atoms with Gasteiger partial charge in [0.05, 0.1) is 19.3 Å². The van der Waals surface area contributed by atoms with Crippen molar-refractivity contribution in [1.29, 1.82) is 0 Å². The van der Waals surface area contributed by atoms with E-state index in [2.05, 4.69) is 42.4 Å². The van der Waals surface area contributed by atoms with E-state index in [0.29, 0.717) is 41.8 Å². The van der Waals surface area contributed by atoms with Gasteiger partial charge in [-0.25, -0.2) is 0 Å². The van der Waals surface area contributed by atoms with Crippen LogP contribution in [0, 0.1) is 29.1 Å². The van der Waals surface area contributed by atoms with E-state index in [9.17, 15) is 19.8 Å². The molecule has 2 bridgehead atoms. The quantitative estimate of drug-likeness (QED) is 0.268. The lowest BCUT2D eigenvalue weighted by Crippen LogP contribution is -2.62. The summed E-state index contributed by atoms with van der Waals surface area (Å²) >= 11 is 0. The number of aliphatic hydroxyl groups excluding tert-OH is 2. The van der Waals surface area contributed by atoms with Crippen LogP contribution in [0.3, 0.4) is 0 Å². The highest BCUT2D eigenvalue weighted by molar-refractivity contribution is 5.94. The second-order valence-electron chi connectivity index (χ2n) is 14.4. The highest BCUT2D eigenvalue weighted by Crippen LogP contribution is 2.61. The van der Waals surface area contributed by atoms with Crippen LogP contribution in [-0.2, 0) is 16.2 Å². The second kappa shape index (κ2) is 13.9. The van der Waals surface area contributed by atoms with Crippen LogP contribution >= 0.6 is 0 Å². The Morgan fingerprint density at radius 2 is 1.84 bits per heavy atom. The average Bonchev–Trinajstić information content (AvgIpc) is 3.38. The number of nitrogens with zero attached hydrogens (tertiary/aromatic N) is 2. The maximum absolute atomic E-state index is 13.9. The summed E-state index contributed by atoms with van der Waals surface area (Å²) in [5.41, 5.74) is 3.82. The third-order valence-corrected chi connectivity index (χ3v) is 10.9. The van der Waals surface area contributed by atoms with Gasteiger partial charge in [0.1, 0.15) is 12.1 Å². The topological polar surface area (TPSA) is 114 Å². The van der Waals surface area contributed by atoms with Crippen LogP contribution in [0.1, 0.15) is 62.9 Å². The Kier molecular flexibility index (Phi) is 10.4. The molecule has 2 amide bonds. The first-order valence-electron chi connectivity index (χ1n) is 16.6. The molecule has 3 aliphatic carbocycles. The lowest BCUT2D eigenvalue weighted by Gasteiger charge is -2.62. The molecule has 4 aliphatic rings. The highest BCUT2D eigenvalue weighted by atomic mass is 16.7. The minimum Gasteiger partial charge on any atom is -0.394 e. The normalized spacial score (nSPS) is 29.7. The molecule has 0 radical (unpaired) electrons. The summed E-state index contributed by atoms with van der Waals surface area (Å²) in [6, 6.07) is 14.9. The fourth-order valence-corrected chi connectivity index (χ4v) is 8.03. The molecule has 9 nitrogen and oxygen atoms in total. The number of fused-ring (bicyclic) bond motifs is 2. The molecule has 4 fully saturated rings. The molecule has 0 aromatic heterocycles. The molecule has 6 rings (SSSR count). The van der Waals surface area contributed by atoms with E-state index in [-0.39, 0.29) is 24.5 Å². The first kappa shape index (κ1) is 33.5. The van der Waals surface area contributed by atoms with Gasteiger partial charge in [-0.2, -0.15) is 5.06 Å². The van der Waals surface area contributed by atoms with Crippen molar-refractivity contribution in [2.45, 2.75) is 77.8 Å². The maximum atomic E-state index is 13.9. The Morgan fingerprint density at radius 3 is 2.47 bits per heavy atom. The van der Waals surface area contributed by atoms with Crippen molar-refractivity contribution in [2.24, 2.45) is 29.1 Å². The average molecular weight is 621 g/mol. The van der Waals surface area contributed by atoms with Gasteiger partial charge in [-0.15, -0.1) is 0 Å². The van der Waals surface area contributed by atoms with Crippen molar-refractivity contribution in [2.75, 3.05) is 33.8 Å². The molecule has 246 valence electrons. The molecule has 3 saturated carbocycles. The molecule has 1 heterocycles. The number of nitrogens with one attached hydrogen (secondary N) is 2. The van der Waals surface area contributed by atoms with Crippen LogP contribution in [0.25, 0.3) is 11.1 Å². The summed E-state index contributed by atoms with van der Waals surface area (Å²) in [5, 5.41) is 28.8. The fraction of sp³-hybridized carbons (Fsp3) is 0.611. The van der Waals surface area contributed by atoms with Crippen LogP contribution < -0.4 is 10.6 Å². The number of benzene rings is 2. The summed E-state index contributed by atoms with van der Waals surface area (Å²) in [5.74, 6) is 0.773. The van der Waals surface area contributed by atoms with Gasteiger partial charge in [-0.05, 0) is 105 Å². The van der Waals surface area contributed by atoms with E-state index in [0.717, 1.165) is 36.1 Å². The molecule has 1 aliphatic heterocycles. The number of amides is 2. The van der Waals surface area contributed by atoms with E-state index in [1.165, 1.54) is 6.42 Å². The van der Waals surface area contributed by atoms with E-state index >= 15 is 0 Å². The molecule has 45 heavy (non-hydrogen) atoms. The van der Waals surface area contributed by atoms with Crippen molar-refractivity contribution in [1.82, 2.24) is 20.6 Å². The Balaban J connectivity index is 1.28. The zero-order chi connectivity index (χ0) is 32.5. The largest absolute Gasteiger partial charge is 0.394 e. The Bertz CT molecular complexity index is 1330. The smallest absolute Gasteiger partial charge is 0.251 e. The van der Waals surface area contributed by atoms with E-state index in [1.54, 1.807) is 12.0 Å². The number of hydrogen-bond acceptors (Lipinski definition) is 7. The first-order chi connectivity index (χ1) is 21.4. The van der Waals surface area contributed by atoms with Gasteiger partial charge in [-0.3, -0.25) is 14.4 Å². The predicted molar refractivity (Wildman–Crippen MR) is 175 cm³/mol. The Labute approximate surface area is 268 Å². The molecule has 2 aromatic carbocycles. The number of hydrogen-bond donors (Lipinski definition) is 4. The van der Waals surface area contributed by atoms with Gasteiger partial charge in [0.25, 0.3) is 5.91 Å². The predicted octanol–water partition coefficient (Wildman–Crippen LogP) is 3.70. The number of carbonyl (C=O) groups excluding carboxylic acids is 2. The zero-order valence-corrected chi connectivity index (χ0v) is 27.7. The van der Waals surface area contributed by atoms with Gasteiger partial charge >= 0.3 is 0 Å². The number of carbonyl (C=O) groups is 2. The Hall–Kier alpha value is -2.82. The summed E-state index contributed by atoms with van der Waals surface area (Å²) < 4.78 is 0. The summed E-state index contributed by atoms with van der Waals surface area (Å²) in [6.45, 7) is 10.2. The van der Waals surface area contributed by atoms with Gasteiger partial charge in [0, 0.05) is 24.1 Å². The van der Waals surface area contributed by atoms with E-state index in [1.807, 2.05) is 56.6 Å². The summed E-state index contributed by atoms with van der Waals surface area (Å²) in [7, 11) is 4.03. The van der Waals surface area contributed by atoms with Gasteiger partial charge in [0.2, 0.25) is 5.91 Å². The molecule has 2 aromatic rings. The zero-order valence-electron chi connectivity index (χ0n) is 27.7. The number of hydroxylamine groups is 2. The molecule has 1 saturated heterocycles. The van der Waals surface area contributed by atoms with Crippen molar-refractivity contribution in [3.63, 3.8) is 0 Å².